The molecular formula is C13H11N2O4S-. The summed E-state index contributed by atoms with van der Waals surface area (Å²) < 4.78 is 4.95. The first-order valence-electron chi connectivity index (χ1n) is 5.71. The molecule has 7 heteroatoms. The molecule has 1 aliphatic heterocycles. The smallest absolute Gasteiger partial charge is 0.276 e. The van der Waals surface area contributed by atoms with Crippen LogP contribution in [-0.2, 0) is 9.59 Å². The summed E-state index contributed by atoms with van der Waals surface area (Å²) in [6.45, 7) is -0.500. The number of ether oxygens (including phenoxy) is 1. The predicted molar refractivity (Wildman–Crippen MR) is 73.4 cm³/mol. The van der Waals surface area contributed by atoms with E-state index in [0.29, 0.717) is 16.6 Å². The topological polar surface area (TPSA) is 81.7 Å². The number of carbonyl (C=O) groups excluding carboxylic acids is 2. The first-order valence-corrected chi connectivity index (χ1v) is 6.11. The molecule has 0 bridgehead atoms. The van der Waals surface area contributed by atoms with Crippen molar-refractivity contribution < 1.29 is 19.4 Å². The molecule has 1 saturated heterocycles. The highest BCUT2D eigenvalue weighted by atomic mass is 32.1. The Bertz CT molecular complexity index is 595. The number of hydrogen-bond acceptors (Lipinski definition) is 5. The van der Waals surface area contributed by atoms with Crippen LogP contribution in [0, 0.1) is 0 Å². The monoisotopic (exact) mass is 291 g/mol. The molecule has 1 fully saturated rings. The van der Waals surface area contributed by atoms with Crippen LogP contribution in [0.15, 0.2) is 30.0 Å². The highest BCUT2D eigenvalue weighted by Crippen LogP contribution is 2.16. The lowest BCUT2D eigenvalue weighted by molar-refractivity contribution is -0.307. The number of carbonyl (C=O) groups is 2. The Morgan fingerprint density at radius 2 is 2.10 bits per heavy atom. The zero-order valence-electron chi connectivity index (χ0n) is 10.6. The molecule has 0 unspecified atom stereocenters. The van der Waals surface area contributed by atoms with Crippen molar-refractivity contribution in [1.82, 2.24) is 10.2 Å². The second-order valence-electron chi connectivity index (χ2n) is 4.08. The fraction of sp³-hybridized carbons (Fsp3) is 0.154. The molecule has 6 nitrogen and oxygen atoms in total. The Hall–Kier alpha value is -2.41. The average Bonchev–Trinajstić information content (AvgIpc) is 2.65. The Morgan fingerprint density at radius 3 is 2.60 bits per heavy atom. The summed E-state index contributed by atoms with van der Waals surface area (Å²) in [6, 6.07) is 6.62. The number of thiocarbonyl (C=S) groups is 1. The third kappa shape index (κ3) is 3.12. The molecule has 2 rings (SSSR count). The minimum atomic E-state index is -1.28. The van der Waals surface area contributed by atoms with Crippen LogP contribution in [0.2, 0.25) is 0 Å². The van der Waals surface area contributed by atoms with Gasteiger partial charge in [0.05, 0.1) is 5.97 Å². The van der Waals surface area contributed by atoms with Crippen molar-refractivity contribution in [3.8, 4) is 5.75 Å². The minimum absolute atomic E-state index is 0.202. The number of carboxylic acids is 1. The fourth-order valence-electron chi connectivity index (χ4n) is 1.59. The number of amides is 1. The van der Waals surface area contributed by atoms with E-state index in [1.54, 1.807) is 37.4 Å². The average molecular weight is 291 g/mol. The quantitative estimate of drug-likeness (QED) is 0.595. The van der Waals surface area contributed by atoms with Gasteiger partial charge in [0.25, 0.3) is 5.91 Å². The summed E-state index contributed by atoms with van der Waals surface area (Å²) in [5, 5.41) is 13.4. The lowest BCUT2D eigenvalue weighted by atomic mass is 10.2. The Morgan fingerprint density at radius 1 is 1.45 bits per heavy atom. The molecule has 1 amide bonds. The van der Waals surface area contributed by atoms with Crippen LogP contribution in [0.25, 0.3) is 6.08 Å². The van der Waals surface area contributed by atoms with Gasteiger partial charge in [-0.15, -0.1) is 0 Å². The third-order valence-corrected chi connectivity index (χ3v) is 3.00. The number of nitrogens with zero attached hydrogens (tertiary/aromatic N) is 1. The summed E-state index contributed by atoms with van der Waals surface area (Å²) in [5.41, 5.74) is 1.15. The van der Waals surface area contributed by atoms with Crippen LogP contribution >= 0.6 is 12.2 Å². The lowest BCUT2D eigenvalue weighted by Gasteiger charge is -2.06. The number of likely N-dealkylation sites (N-methyl/N-ethyl adjacent to an activating group) is 1. The van der Waals surface area contributed by atoms with E-state index >= 15 is 0 Å². The van der Waals surface area contributed by atoms with Crippen LogP contribution in [0.3, 0.4) is 0 Å². The largest absolute Gasteiger partial charge is 0.546 e. The Balaban J connectivity index is 2.09. The van der Waals surface area contributed by atoms with Crippen LogP contribution in [0.1, 0.15) is 5.56 Å². The molecule has 0 atom stereocenters. The number of hydrogen-bond donors (Lipinski definition) is 1. The zero-order chi connectivity index (χ0) is 14.7. The van der Waals surface area contributed by atoms with Crippen LogP contribution in [-0.4, -0.2) is 35.5 Å². The highest BCUT2D eigenvalue weighted by Gasteiger charge is 2.26. The summed E-state index contributed by atoms with van der Waals surface area (Å²) in [6.07, 6.45) is 1.65. The maximum Gasteiger partial charge on any atom is 0.276 e. The van der Waals surface area contributed by atoms with E-state index in [1.807, 2.05) is 0 Å². The molecule has 1 aromatic carbocycles. The van der Waals surface area contributed by atoms with Crippen molar-refractivity contribution in [2.24, 2.45) is 0 Å². The Kier molecular flexibility index (Phi) is 3.99. The molecule has 0 aromatic heterocycles. The molecule has 0 saturated carbocycles. The van der Waals surface area contributed by atoms with Gasteiger partial charge in [0.2, 0.25) is 0 Å². The van der Waals surface area contributed by atoms with Gasteiger partial charge in [0.15, 0.2) is 5.11 Å². The standard InChI is InChI=1S/C13H12N2O4S/c1-15-12(18)10(14-13(15)20)6-8-2-4-9(5-3-8)19-7-11(16)17/h2-6H,7H2,1H3,(H,14,20)(H,16,17)/p-1/b10-6-. The number of nitrogens with one attached hydrogen (secondary N) is 1. The third-order valence-electron chi connectivity index (χ3n) is 2.63. The summed E-state index contributed by atoms with van der Waals surface area (Å²) in [4.78, 5) is 23.4. The summed E-state index contributed by atoms with van der Waals surface area (Å²) in [7, 11) is 1.59. The van der Waals surface area contributed by atoms with Crippen molar-refractivity contribution in [3.05, 3.63) is 35.5 Å². The second-order valence-corrected chi connectivity index (χ2v) is 4.47. The van der Waals surface area contributed by atoms with Crippen LogP contribution in [0.4, 0.5) is 0 Å². The van der Waals surface area contributed by atoms with E-state index in [2.05, 4.69) is 5.32 Å². The first kappa shape index (κ1) is 14.0. The van der Waals surface area contributed by atoms with Gasteiger partial charge in [-0.25, -0.2) is 0 Å². The van der Waals surface area contributed by atoms with Gasteiger partial charge in [-0.3, -0.25) is 9.69 Å². The molecule has 1 N–H and O–H groups in total. The predicted octanol–water partition coefficient (Wildman–Crippen LogP) is -0.497. The van der Waals surface area contributed by atoms with Gasteiger partial charge in [-0.2, -0.15) is 0 Å². The van der Waals surface area contributed by atoms with Gasteiger partial charge in [-0.1, -0.05) is 12.1 Å². The number of aliphatic carboxylic acids is 1. The first-order chi connectivity index (χ1) is 9.47. The molecule has 1 aromatic rings. The van der Waals surface area contributed by atoms with Gasteiger partial charge >= 0.3 is 0 Å². The summed E-state index contributed by atoms with van der Waals surface area (Å²) in [5.74, 6) is -1.07. The highest BCUT2D eigenvalue weighted by molar-refractivity contribution is 7.80. The Labute approximate surface area is 120 Å². The maximum atomic E-state index is 11.8. The van der Waals surface area contributed by atoms with E-state index in [4.69, 9.17) is 17.0 Å². The lowest BCUT2D eigenvalue weighted by Crippen LogP contribution is -2.28. The van der Waals surface area contributed by atoms with E-state index in [1.165, 1.54) is 4.90 Å². The van der Waals surface area contributed by atoms with Gasteiger partial charge in [0, 0.05) is 7.05 Å². The second kappa shape index (κ2) is 5.70. The zero-order valence-corrected chi connectivity index (χ0v) is 11.4. The number of benzene rings is 1. The van der Waals surface area contributed by atoms with Gasteiger partial charge in [-0.05, 0) is 36.0 Å². The normalized spacial score (nSPS) is 16.4. The summed E-state index contributed by atoms with van der Waals surface area (Å²) >= 11 is 4.96. The molecule has 0 radical (unpaired) electrons. The molecule has 0 spiro atoms. The number of rotatable bonds is 4. The molecule has 104 valence electrons. The van der Waals surface area contributed by atoms with Crippen molar-refractivity contribution in [2.75, 3.05) is 13.7 Å². The SMILES string of the molecule is CN1C(=O)/C(=C/c2ccc(OCC(=O)[O-])cc2)NC1=S. The minimum Gasteiger partial charge on any atom is -0.546 e. The van der Waals surface area contributed by atoms with Crippen molar-refractivity contribution >= 4 is 35.3 Å². The molecule has 20 heavy (non-hydrogen) atoms. The molecule has 0 aliphatic carbocycles. The van der Waals surface area contributed by atoms with Crippen molar-refractivity contribution in [3.63, 3.8) is 0 Å². The van der Waals surface area contributed by atoms with E-state index in [0.717, 1.165) is 5.56 Å². The van der Waals surface area contributed by atoms with E-state index in [-0.39, 0.29) is 5.91 Å². The number of carboxylic acid groups (broad SMARTS) is 1. The van der Waals surface area contributed by atoms with E-state index in [9.17, 15) is 14.7 Å². The van der Waals surface area contributed by atoms with Crippen molar-refractivity contribution in [2.45, 2.75) is 0 Å². The van der Waals surface area contributed by atoms with Gasteiger partial charge in [0.1, 0.15) is 18.1 Å². The van der Waals surface area contributed by atoms with Gasteiger partial charge < -0.3 is 20.0 Å². The van der Waals surface area contributed by atoms with Crippen LogP contribution in [0.5, 0.6) is 5.75 Å². The van der Waals surface area contributed by atoms with Crippen LogP contribution < -0.4 is 15.2 Å². The molecule has 1 aliphatic rings. The maximum absolute atomic E-state index is 11.8. The van der Waals surface area contributed by atoms with Crippen molar-refractivity contribution in [1.29, 1.82) is 0 Å². The molecule has 1 heterocycles. The van der Waals surface area contributed by atoms with E-state index < -0.39 is 12.6 Å². The fourth-order valence-corrected chi connectivity index (χ4v) is 1.79. The molecular weight excluding hydrogens is 280 g/mol.